The van der Waals surface area contributed by atoms with Gasteiger partial charge in [-0.2, -0.15) is 4.57 Å². The first kappa shape index (κ1) is 18.4. The van der Waals surface area contributed by atoms with Crippen molar-refractivity contribution in [3.63, 3.8) is 0 Å². The van der Waals surface area contributed by atoms with E-state index in [1.54, 1.807) is 18.3 Å². The number of carboxylic acids is 1. The van der Waals surface area contributed by atoms with Crippen LogP contribution < -0.4 is 4.57 Å². The number of nitrogens with zero attached hydrogens (tertiary/aromatic N) is 3. The topological polar surface area (TPSA) is 144 Å². The molecule has 6 atom stereocenters. The van der Waals surface area contributed by atoms with Gasteiger partial charge in [0.25, 0.3) is 6.23 Å². The third-order valence-electron chi connectivity index (χ3n) is 4.64. The van der Waals surface area contributed by atoms with Crippen LogP contribution in [0.4, 0.5) is 0 Å². The molecule has 3 rings (SSSR count). The molecule has 0 bridgehead atoms. The number of aliphatic hydroxyl groups excluding tert-OH is 3. The molecule has 0 saturated carbocycles. The predicted octanol–water partition coefficient (Wildman–Crippen LogP) is -0.977. The van der Waals surface area contributed by atoms with Crippen molar-refractivity contribution in [1.82, 2.24) is 5.01 Å². The zero-order chi connectivity index (χ0) is 18.8. The molecule has 26 heavy (non-hydrogen) atoms. The van der Waals surface area contributed by atoms with Crippen molar-refractivity contribution in [3.8, 4) is 0 Å². The Hall–Kier alpha value is -2.40. The number of carboxylic acid groups (broad SMARTS) is 1. The molecule has 0 unspecified atom stereocenters. The normalized spacial score (nSPS) is 34.5. The fraction of sp³-hybridized carbons (Fsp3) is 0.500. The number of hydrogen-bond acceptors (Lipinski definition) is 7. The molecule has 1 aromatic rings. The Balaban J connectivity index is 1.90. The number of hydrogen-bond donors (Lipinski definition) is 4. The van der Waals surface area contributed by atoms with E-state index in [0.29, 0.717) is 18.5 Å². The van der Waals surface area contributed by atoms with E-state index in [4.69, 9.17) is 9.84 Å². The van der Waals surface area contributed by atoms with Crippen molar-refractivity contribution in [2.24, 2.45) is 5.29 Å². The van der Waals surface area contributed by atoms with Crippen molar-refractivity contribution in [2.45, 2.75) is 43.1 Å². The van der Waals surface area contributed by atoms with Gasteiger partial charge in [0, 0.05) is 11.6 Å². The van der Waals surface area contributed by atoms with Crippen LogP contribution in [0.15, 0.2) is 42.0 Å². The van der Waals surface area contributed by atoms with E-state index >= 15 is 0 Å². The van der Waals surface area contributed by atoms with Crippen LogP contribution in [0.2, 0.25) is 0 Å². The summed E-state index contributed by atoms with van der Waals surface area (Å²) in [5.74, 6) is -1.45. The van der Waals surface area contributed by atoms with Crippen LogP contribution >= 0.6 is 0 Å². The molecule has 140 valence electrons. The number of nitroso groups, excluding NO2 is 1. The van der Waals surface area contributed by atoms with E-state index in [9.17, 15) is 25.0 Å². The average Bonchev–Trinajstić information content (AvgIpc) is 2.66. The lowest BCUT2D eigenvalue weighted by molar-refractivity contribution is -0.777. The van der Waals surface area contributed by atoms with Crippen LogP contribution in [0.1, 0.15) is 24.3 Å². The second-order valence-corrected chi connectivity index (χ2v) is 6.27. The first-order valence-electron chi connectivity index (χ1n) is 8.12. The van der Waals surface area contributed by atoms with Crippen molar-refractivity contribution < 1.29 is 34.5 Å². The summed E-state index contributed by atoms with van der Waals surface area (Å²) >= 11 is 0. The molecule has 1 fully saturated rings. The van der Waals surface area contributed by atoms with Gasteiger partial charge in [-0.15, -0.1) is 4.91 Å². The molecule has 10 heteroatoms. The van der Waals surface area contributed by atoms with Crippen LogP contribution in [0, 0.1) is 4.91 Å². The Kier molecular flexibility index (Phi) is 5.28. The molecule has 10 nitrogen and oxygen atoms in total. The van der Waals surface area contributed by atoms with Crippen LogP contribution in [-0.2, 0) is 9.53 Å². The van der Waals surface area contributed by atoms with Gasteiger partial charge in [0.2, 0.25) is 0 Å². The van der Waals surface area contributed by atoms with E-state index in [2.05, 4.69) is 5.29 Å². The smallest absolute Gasteiger partial charge is 0.335 e. The number of aromatic nitrogens is 1. The summed E-state index contributed by atoms with van der Waals surface area (Å²) in [6, 6.07) is 3.12. The van der Waals surface area contributed by atoms with E-state index in [1.807, 2.05) is 12.2 Å². The monoisotopic (exact) mass is 366 g/mol. The van der Waals surface area contributed by atoms with Crippen molar-refractivity contribution in [2.75, 3.05) is 6.54 Å². The van der Waals surface area contributed by atoms with Crippen molar-refractivity contribution in [3.05, 3.63) is 47.1 Å². The number of carbonyl (C=O) groups is 1. The van der Waals surface area contributed by atoms with Gasteiger partial charge in [-0.1, -0.05) is 12.2 Å². The number of ether oxygens (including phenoxy) is 1. The molecule has 0 aromatic carbocycles. The number of rotatable bonds is 4. The third kappa shape index (κ3) is 3.31. The Morgan fingerprint density at radius 3 is 2.69 bits per heavy atom. The lowest BCUT2D eigenvalue weighted by Gasteiger charge is -2.35. The Bertz CT molecular complexity index is 713. The third-order valence-corrected chi connectivity index (χ3v) is 4.64. The molecule has 1 saturated heterocycles. The van der Waals surface area contributed by atoms with Gasteiger partial charge in [0.15, 0.2) is 24.6 Å². The predicted molar refractivity (Wildman–Crippen MR) is 85.2 cm³/mol. The maximum absolute atomic E-state index is 11.2. The maximum atomic E-state index is 11.2. The van der Waals surface area contributed by atoms with Gasteiger partial charge < -0.3 is 25.2 Å². The molecule has 3 heterocycles. The number of aliphatic hydroxyl groups is 3. The summed E-state index contributed by atoms with van der Waals surface area (Å²) in [6.45, 7) is 0.373. The molecule has 0 spiro atoms. The largest absolute Gasteiger partial charge is 0.479 e. The second-order valence-electron chi connectivity index (χ2n) is 6.27. The number of aliphatic carboxylic acids is 1. The van der Waals surface area contributed by atoms with Crippen LogP contribution in [0.25, 0.3) is 0 Å². The van der Waals surface area contributed by atoms with E-state index < -0.39 is 36.6 Å². The SMILES string of the molecule is O=NN1CC=CC[C@H]1c1ccc[n+]([C@@H]2O[C@H](C(=O)O)[C@@H](O)[C@H](O)[C@H]2O)c1. The molecule has 0 amide bonds. The van der Waals surface area contributed by atoms with E-state index in [-0.39, 0.29) is 6.04 Å². The summed E-state index contributed by atoms with van der Waals surface area (Å²) in [5, 5.41) is 43.5. The minimum atomic E-state index is -1.75. The quantitative estimate of drug-likeness (QED) is 0.302. The van der Waals surface area contributed by atoms with Gasteiger partial charge in [0.1, 0.15) is 12.2 Å². The zero-order valence-electron chi connectivity index (χ0n) is 13.7. The second kappa shape index (κ2) is 7.46. The summed E-state index contributed by atoms with van der Waals surface area (Å²) in [5.41, 5.74) is 0.708. The summed E-state index contributed by atoms with van der Waals surface area (Å²) < 4.78 is 6.72. The Labute approximate surface area is 148 Å². The highest BCUT2D eigenvalue weighted by atomic mass is 16.6. The number of pyridine rings is 1. The minimum absolute atomic E-state index is 0.309. The molecule has 0 radical (unpaired) electrons. The Morgan fingerprint density at radius 1 is 1.23 bits per heavy atom. The van der Waals surface area contributed by atoms with Gasteiger partial charge >= 0.3 is 5.97 Å². The van der Waals surface area contributed by atoms with Gasteiger partial charge in [-0.3, -0.25) is 0 Å². The average molecular weight is 366 g/mol. The Morgan fingerprint density at radius 2 is 2.00 bits per heavy atom. The minimum Gasteiger partial charge on any atom is -0.479 e. The standard InChI is InChI=1S/C16H19N3O7/c20-11-12(21)14(16(23)24)26-15(13(11)22)18-6-3-4-9(8-18)10-5-1-2-7-19(10)17-25/h1-4,6,8,10-15,20-22H,5,7H2/p+1/t10-,11-,12-,13+,14-,15+/m0/s1. The molecular formula is C16H20N3O7+. The van der Waals surface area contributed by atoms with E-state index in [1.165, 1.54) is 15.8 Å². The first-order chi connectivity index (χ1) is 12.4. The zero-order valence-corrected chi connectivity index (χ0v) is 13.7. The molecule has 0 aliphatic carbocycles. The lowest BCUT2D eigenvalue weighted by Crippen LogP contribution is -2.63. The molecule has 1 aromatic heterocycles. The van der Waals surface area contributed by atoms with Crippen LogP contribution in [0.5, 0.6) is 0 Å². The first-order valence-corrected chi connectivity index (χ1v) is 8.12. The molecule has 2 aliphatic rings. The molecule has 2 aliphatic heterocycles. The summed E-state index contributed by atoms with van der Waals surface area (Å²) in [7, 11) is 0. The van der Waals surface area contributed by atoms with Crippen LogP contribution in [-0.4, -0.2) is 62.4 Å². The fourth-order valence-electron chi connectivity index (χ4n) is 3.23. The summed E-state index contributed by atoms with van der Waals surface area (Å²) in [4.78, 5) is 22.3. The van der Waals surface area contributed by atoms with Gasteiger partial charge in [0.05, 0.1) is 17.9 Å². The highest BCUT2D eigenvalue weighted by molar-refractivity contribution is 5.73. The maximum Gasteiger partial charge on any atom is 0.335 e. The lowest BCUT2D eigenvalue weighted by atomic mass is 9.97. The highest BCUT2D eigenvalue weighted by Crippen LogP contribution is 2.29. The van der Waals surface area contributed by atoms with Crippen molar-refractivity contribution >= 4 is 5.97 Å². The van der Waals surface area contributed by atoms with Crippen molar-refractivity contribution in [1.29, 1.82) is 0 Å². The fourth-order valence-corrected chi connectivity index (χ4v) is 3.23. The summed E-state index contributed by atoms with van der Waals surface area (Å²) in [6.07, 6.45) is -0.411. The van der Waals surface area contributed by atoms with Gasteiger partial charge in [-0.05, 0) is 12.5 Å². The molecule has 4 N–H and O–H groups in total. The highest BCUT2D eigenvalue weighted by Gasteiger charge is 2.51. The van der Waals surface area contributed by atoms with E-state index in [0.717, 1.165) is 0 Å². The molecular weight excluding hydrogens is 346 g/mol. The van der Waals surface area contributed by atoms with Gasteiger partial charge in [-0.25, -0.2) is 9.80 Å². The van der Waals surface area contributed by atoms with Crippen LogP contribution in [0.3, 0.4) is 0 Å².